The van der Waals surface area contributed by atoms with Crippen molar-refractivity contribution in [3.63, 3.8) is 0 Å². The third-order valence-electron chi connectivity index (χ3n) is 1.69. The fraction of sp³-hybridized carbons (Fsp3) is 0.889. The number of hydrogen-bond donors (Lipinski definition) is 2. The predicted molar refractivity (Wildman–Crippen MR) is 52.6 cm³/mol. The second kappa shape index (κ2) is 6.71. The standard InChI is InChI=1S/C9H20N2O2/c1-4-5-6-10-9(13)11(3)7-8(2)12/h8,12H,4-7H2,1-3H3,(H,10,13). The van der Waals surface area contributed by atoms with Gasteiger partial charge in [0.05, 0.1) is 6.10 Å². The van der Waals surface area contributed by atoms with Crippen molar-refractivity contribution in [3.05, 3.63) is 0 Å². The molecule has 0 aliphatic heterocycles. The Morgan fingerprint density at radius 3 is 2.69 bits per heavy atom. The lowest BCUT2D eigenvalue weighted by Crippen LogP contribution is -2.40. The number of nitrogens with one attached hydrogen (secondary N) is 1. The molecule has 0 aromatic carbocycles. The van der Waals surface area contributed by atoms with Crippen LogP contribution in [-0.2, 0) is 0 Å². The lowest BCUT2D eigenvalue weighted by molar-refractivity contribution is 0.144. The summed E-state index contributed by atoms with van der Waals surface area (Å²) in [7, 11) is 1.67. The van der Waals surface area contributed by atoms with Gasteiger partial charge in [-0.1, -0.05) is 13.3 Å². The summed E-state index contributed by atoms with van der Waals surface area (Å²) in [6.07, 6.45) is 1.59. The first-order chi connectivity index (χ1) is 6.07. The van der Waals surface area contributed by atoms with E-state index in [4.69, 9.17) is 5.11 Å². The molecule has 0 aliphatic rings. The zero-order chi connectivity index (χ0) is 10.3. The molecule has 0 spiro atoms. The summed E-state index contributed by atoms with van der Waals surface area (Å²) < 4.78 is 0. The molecule has 1 unspecified atom stereocenters. The molecule has 0 saturated heterocycles. The lowest BCUT2D eigenvalue weighted by atomic mass is 10.3. The first-order valence-corrected chi connectivity index (χ1v) is 4.75. The molecule has 2 amide bonds. The highest BCUT2D eigenvalue weighted by molar-refractivity contribution is 5.73. The van der Waals surface area contributed by atoms with E-state index in [1.807, 2.05) is 0 Å². The molecule has 4 heteroatoms. The molecule has 78 valence electrons. The third-order valence-corrected chi connectivity index (χ3v) is 1.69. The molecule has 0 saturated carbocycles. The molecule has 1 atom stereocenters. The van der Waals surface area contributed by atoms with Crippen LogP contribution < -0.4 is 5.32 Å². The van der Waals surface area contributed by atoms with Crippen LogP contribution in [0.1, 0.15) is 26.7 Å². The molecule has 0 radical (unpaired) electrons. The second-order valence-corrected chi connectivity index (χ2v) is 3.32. The molecule has 0 heterocycles. The molecule has 0 rings (SSSR count). The first-order valence-electron chi connectivity index (χ1n) is 4.75. The number of amides is 2. The van der Waals surface area contributed by atoms with Gasteiger partial charge in [-0.25, -0.2) is 4.79 Å². The van der Waals surface area contributed by atoms with Crippen LogP contribution in [-0.4, -0.2) is 42.3 Å². The summed E-state index contributed by atoms with van der Waals surface area (Å²) >= 11 is 0. The molecule has 13 heavy (non-hydrogen) atoms. The van der Waals surface area contributed by atoms with Crippen LogP contribution in [0.2, 0.25) is 0 Å². The maximum atomic E-state index is 11.3. The van der Waals surface area contributed by atoms with Crippen LogP contribution >= 0.6 is 0 Å². The van der Waals surface area contributed by atoms with Crippen LogP contribution in [0.3, 0.4) is 0 Å². The molecule has 0 bridgehead atoms. The fourth-order valence-corrected chi connectivity index (χ4v) is 0.986. The number of aliphatic hydroxyl groups is 1. The van der Waals surface area contributed by atoms with Gasteiger partial charge in [-0.15, -0.1) is 0 Å². The molecule has 2 N–H and O–H groups in total. The normalized spacial score (nSPS) is 12.3. The van der Waals surface area contributed by atoms with Gasteiger partial charge in [0.2, 0.25) is 0 Å². The van der Waals surface area contributed by atoms with E-state index < -0.39 is 6.10 Å². The van der Waals surface area contributed by atoms with Crippen molar-refractivity contribution < 1.29 is 9.90 Å². The Labute approximate surface area is 79.9 Å². The minimum Gasteiger partial charge on any atom is -0.392 e. The highest BCUT2D eigenvalue weighted by Gasteiger charge is 2.08. The Hall–Kier alpha value is -0.770. The Kier molecular flexibility index (Phi) is 6.32. The predicted octanol–water partition coefficient (Wildman–Crippen LogP) is 0.809. The Balaban J connectivity index is 3.57. The number of hydrogen-bond acceptors (Lipinski definition) is 2. The largest absolute Gasteiger partial charge is 0.392 e. The number of rotatable bonds is 5. The fourth-order valence-electron chi connectivity index (χ4n) is 0.986. The van der Waals surface area contributed by atoms with E-state index in [2.05, 4.69) is 12.2 Å². The van der Waals surface area contributed by atoms with Crippen LogP contribution in [0.4, 0.5) is 4.79 Å². The Morgan fingerprint density at radius 2 is 2.23 bits per heavy atom. The SMILES string of the molecule is CCCCNC(=O)N(C)CC(C)O. The highest BCUT2D eigenvalue weighted by Crippen LogP contribution is 1.90. The summed E-state index contributed by atoms with van der Waals surface area (Å²) in [4.78, 5) is 12.7. The van der Waals surface area contributed by atoms with E-state index in [0.29, 0.717) is 13.1 Å². The number of unbranched alkanes of at least 4 members (excludes halogenated alkanes) is 1. The van der Waals surface area contributed by atoms with E-state index >= 15 is 0 Å². The van der Waals surface area contributed by atoms with Gasteiger partial charge in [0.1, 0.15) is 0 Å². The van der Waals surface area contributed by atoms with Gasteiger partial charge in [-0.05, 0) is 13.3 Å². The monoisotopic (exact) mass is 188 g/mol. The highest BCUT2D eigenvalue weighted by atomic mass is 16.3. The van der Waals surface area contributed by atoms with Crippen LogP contribution in [0, 0.1) is 0 Å². The van der Waals surface area contributed by atoms with Gasteiger partial charge in [-0.3, -0.25) is 0 Å². The summed E-state index contributed by atoms with van der Waals surface area (Å²) in [5.74, 6) is 0. The van der Waals surface area contributed by atoms with Gasteiger partial charge in [0.25, 0.3) is 0 Å². The third kappa shape index (κ3) is 6.40. The maximum absolute atomic E-state index is 11.3. The molecule has 0 aromatic rings. The van der Waals surface area contributed by atoms with E-state index in [9.17, 15) is 4.79 Å². The van der Waals surface area contributed by atoms with Crippen LogP contribution in [0.15, 0.2) is 0 Å². The minimum absolute atomic E-state index is 0.116. The van der Waals surface area contributed by atoms with Crippen molar-refractivity contribution in [2.24, 2.45) is 0 Å². The molecule has 0 aromatic heterocycles. The van der Waals surface area contributed by atoms with Crippen molar-refractivity contribution in [1.29, 1.82) is 0 Å². The maximum Gasteiger partial charge on any atom is 0.317 e. The summed E-state index contributed by atoms with van der Waals surface area (Å²) in [5.41, 5.74) is 0. The molecule has 0 aliphatic carbocycles. The molecular formula is C9H20N2O2. The smallest absolute Gasteiger partial charge is 0.317 e. The summed E-state index contributed by atoms with van der Waals surface area (Å²) in [6.45, 7) is 4.82. The van der Waals surface area contributed by atoms with Crippen molar-refractivity contribution in [3.8, 4) is 0 Å². The number of nitrogens with zero attached hydrogens (tertiary/aromatic N) is 1. The topological polar surface area (TPSA) is 52.6 Å². The van der Waals surface area contributed by atoms with Gasteiger partial charge in [0.15, 0.2) is 0 Å². The molecular weight excluding hydrogens is 168 g/mol. The number of carbonyl (C=O) groups excluding carboxylic acids is 1. The Morgan fingerprint density at radius 1 is 1.62 bits per heavy atom. The van der Waals surface area contributed by atoms with Gasteiger partial charge < -0.3 is 15.3 Å². The zero-order valence-corrected chi connectivity index (χ0v) is 8.71. The Bertz CT molecular complexity index is 149. The average Bonchev–Trinajstić information content (AvgIpc) is 2.03. The van der Waals surface area contributed by atoms with Crippen molar-refractivity contribution in [2.75, 3.05) is 20.1 Å². The van der Waals surface area contributed by atoms with Crippen LogP contribution in [0.5, 0.6) is 0 Å². The summed E-state index contributed by atoms with van der Waals surface area (Å²) in [6, 6.07) is -0.116. The van der Waals surface area contributed by atoms with Gasteiger partial charge in [-0.2, -0.15) is 0 Å². The minimum atomic E-state index is -0.470. The number of carbonyl (C=O) groups is 1. The zero-order valence-electron chi connectivity index (χ0n) is 8.71. The molecule has 4 nitrogen and oxygen atoms in total. The van der Waals surface area contributed by atoms with Gasteiger partial charge in [0, 0.05) is 20.1 Å². The number of likely N-dealkylation sites (N-methyl/N-ethyl adjacent to an activating group) is 1. The van der Waals surface area contributed by atoms with Crippen LogP contribution in [0.25, 0.3) is 0 Å². The number of urea groups is 1. The van der Waals surface area contributed by atoms with Crippen molar-refractivity contribution in [2.45, 2.75) is 32.8 Å². The quantitative estimate of drug-likeness (QED) is 0.627. The van der Waals surface area contributed by atoms with Crippen molar-refractivity contribution in [1.82, 2.24) is 10.2 Å². The number of aliphatic hydroxyl groups excluding tert-OH is 1. The second-order valence-electron chi connectivity index (χ2n) is 3.32. The van der Waals surface area contributed by atoms with Crippen molar-refractivity contribution >= 4 is 6.03 Å². The van der Waals surface area contributed by atoms with E-state index in [0.717, 1.165) is 12.8 Å². The summed E-state index contributed by atoms with van der Waals surface area (Å²) in [5, 5.41) is 11.8. The first kappa shape index (κ1) is 12.2. The van der Waals surface area contributed by atoms with Gasteiger partial charge >= 0.3 is 6.03 Å². The lowest BCUT2D eigenvalue weighted by Gasteiger charge is -2.19. The molecule has 0 fully saturated rings. The van der Waals surface area contributed by atoms with E-state index in [-0.39, 0.29) is 6.03 Å². The van der Waals surface area contributed by atoms with E-state index in [1.165, 1.54) is 4.90 Å². The van der Waals surface area contributed by atoms with E-state index in [1.54, 1.807) is 14.0 Å². The average molecular weight is 188 g/mol.